The van der Waals surface area contributed by atoms with Crippen molar-refractivity contribution in [1.82, 2.24) is 4.90 Å². The van der Waals surface area contributed by atoms with Gasteiger partial charge in [0.2, 0.25) is 0 Å². The van der Waals surface area contributed by atoms with E-state index in [9.17, 15) is 9.90 Å². The van der Waals surface area contributed by atoms with Gasteiger partial charge in [-0.25, -0.2) is 0 Å². The molecule has 1 aliphatic rings. The fourth-order valence-corrected chi connectivity index (χ4v) is 3.37. The molecule has 1 aliphatic carbocycles. The minimum Gasteiger partial charge on any atom is -0.480 e. The summed E-state index contributed by atoms with van der Waals surface area (Å²) in [5.74, 6) is -0.638. The first-order chi connectivity index (χ1) is 7.42. The Hall–Kier alpha value is -0.570. The van der Waals surface area contributed by atoms with Crippen LogP contribution >= 0.6 is 0 Å². The van der Waals surface area contributed by atoms with Crippen molar-refractivity contribution in [3.05, 3.63) is 0 Å². The van der Waals surface area contributed by atoms with Gasteiger partial charge in [0.15, 0.2) is 0 Å². The number of carboxylic acid groups (broad SMARTS) is 1. The van der Waals surface area contributed by atoms with Crippen molar-refractivity contribution in [2.24, 2.45) is 5.41 Å². The molecule has 94 valence electrons. The van der Waals surface area contributed by atoms with Crippen molar-refractivity contribution in [2.45, 2.75) is 58.9 Å². The molecule has 0 spiro atoms. The number of carboxylic acids is 1. The smallest absolute Gasteiger partial charge is 0.324 e. The summed E-state index contributed by atoms with van der Waals surface area (Å²) in [4.78, 5) is 13.9. The van der Waals surface area contributed by atoms with Crippen LogP contribution < -0.4 is 0 Å². The second kappa shape index (κ2) is 4.74. The molecule has 0 aromatic heterocycles. The third-order valence-electron chi connectivity index (χ3n) is 4.37. The molecule has 0 heterocycles. The first kappa shape index (κ1) is 13.5. The molecule has 1 fully saturated rings. The second-order valence-corrected chi connectivity index (χ2v) is 5.43. The van der Waals surface area contributed by atoms with Crippen LogP contribution in [0.2, 0.25) is 0 Å². The van der Waals surface area contributed by atoms with E-state index < -0.39 is 11.5 Å². The molecule has 0 amide bonds. The van der Waals surface area contributed by atoms with Crippen molar-refractivity contribution in [1.29, 1.82) is 0 Å². The van der Waals surface area contributed by atoms with Crippen molar-refractivity contribution in [2.75, 3.05) is 13.1 Å². The first-order valence-corrected chi connectivity index (χ1v) is 6.41. The Morgan fingerprint density at radius 1 is 1.19 bits per heavy atom. The van der Waals surface area contributed by atoms with Crippen molar-refractivity contribution >= 4 is 5.97 Å². The van der Waals surface area contributed by atoms with E-state index in [0.29, 0.717) is 0 Å². The third-order valence-corrected chi connectivity index (χ3v) is 4.37. The molecule has 1 saturated carbocycles. The standard InChI is InChI=1S/C13H25NO2/c1-5-14(6-2)13(11(15)16)10-8-7-9-12(13,3)4/h5-10H2,1-4H3,(H,15,16). The van der Waals surface area contributed by atoms with Crippen LogP contribution in [0.4, 0.5) is 0 Å². The van der Waals surface area contributed by atoms with Gasteiger partial charge in [-0.2, -0.15) is 0 Å². The van der Waals surface area contributed by atoms with Crippen LogP contribution in [0, 0.1) is 5.41 Å². The number of hydrogen-bond donors (Lipinski definition) is 1. The minimum atomic E-state index is -0.658. The highest BCUT2D eigenvalue weighted by atomic mass is 16.4. The van der Waals surface area contributed by atoms with Crippen LogP contribution in [0.1, 0.15) is 53.4 Å². The molecule has 0 aliphatic heterocycles. The van der Waals surface area contributed by atoms with E-state index in [-0.39, 0.29) is 5.41 Å². The van der Waals surface area contributed by atoms with Crippen LogP contribution in [0.3, 0.4) is 0 Å². The Kier molecular flexibility index (Phi) is 4.00. The summed E-state index contributed by atoms with van der Waals surface area (Å²) in [6, 6.07) is 0. The topological polar surface area (TPSA) is 40.5 Å². The maximum atomic E-state index is 11.8. The van der Waals surface area contributed by atoms with Gasteiger partial charge in [0.1, 0.15) is 5.54 Å². The van der Waals surface area contributed by atoms with Gasteiger partial charge in [-0.15, -0.1) is 0 Å². The second-order valence-electron chi connectivity index (χ2n) is 5.43. The molecule has 1 rings (SSSR count). The highest BCUT2D eigenvalue weighted by molar-refractivity contribution is 5.80. The van der Waals surface area contributed by atoms with Crippen LogP contribution in [-0.4, -0.2) is 34.6 Å². The lowest BCUT2D eigenvalue weighted by atomic mass is 9.62. The maximum absolute atomic E-state index is 11.8. The lowest BCUT2D eigenvalue weighted by Crippen LogP contribution is -2.64. The molecule has 1 N–H and O–H groups in total. The molecule has 1 atom stereocenters. The Bertz CT molecular complexity index is 259. The van der Waals surface area contributed by atoms with Crippen LogP contribution in [0.5, 0.6) is 0 Å². The van der Waals surface area contributed by atoms with Gasteiger partial charge in [0, 0.05) is 0 Å². The molecule has 0 bridgehead atoms. The average Bonchev–Trinajstić information content (AvgIpc) is 2.21. The predicted molar refractivity (Wildman–Crippen MR) is 65.5 cm³/mol. The van der Waals surface area contributed by atoms with Crippen molar-refractivity contribution < 1.29 is 9.90 Å². The summed E-state index contributed by atoms with van der Waals surface area (Å²) in [5.41, 5.74) is -0.794. The molecule has 0 aromatic carbocycles. The maximum Gasteiger partial charge on any atom is 0.324 e. The molecule has 16 heavy (non-hydrogen) atoms. The summed E-state index contributed by atoms with van der Waals surface area (Å²) in [6.45, 7) is 9.95. The molecular formula is C13H25NO2. The zero-order valence-electron chi connectivity index (χ0n) is 11.0. The highest BCUT2D eigenvalue weighted by Gasteiger charge is 2.55. The largest absolute Gasteiger partial charge is 0.480 e. The number of carbonyl (C=O) groups is 1. The molecule has 0 radical (unpaired) electrons. The van der Waals surface area contributed by atoms with Crippen LogP contribution in [0.25, 0.3) is 0 Å². The molecule has 1 unspecified atom stereocenters. The van der Waals surface area contributed by atoms with E-state index in [1.165, 1.54) is 0 Å². The summed E-state index contributed by atoms with van der Waals surface area (Å²) in [7, 11) is 0. The number of nitrogens with zero attached hydrogens (tertiary/aromatic N) is 1. The molecule has 3 heteroatoms. The summed E-state index contributed by atoms with van der Waals surface area (Å²) in [6.07, 6.45) is 3.99. The molecule has 0 aromatic rings. The summed E-state index contributed by atoms with van der Waals surface area (Å²) in [5, 5.41) is 9.72. The average molecular weight is 227 g/mol. The van der Waals surface area contributed by atoms with E-state index in [2.05, 4.69) is 32.6 Å². The number of aliphatic carboxylic acids is 1. The number of likely N-dealkylation sites (N-methyl/N-ethyl adjacent to an activating group) is 1. The lowest BCUT2D eigenvalue weighted by Gasteiger charge is -2.53. The Balaban J connectivity index is 3.16. The third kappa shape index (κ3) is 1.86. The Morgan fingerprint density at radius 2 is 1.69 bits per heavy atom. The Morgan fingerprint density at radius 3 is 2.06 bits per heavy atom. The first-order valence-electron chi connectivity index (χ1n) is 6.41. The van der Waals surface area contributed by atoms with Gasteiger partial charge < -0.3 is 5.11 Å². The van der Waals surface area contributed by atoms with Gasteiger partial charge in [-0.05, 0) is 31.3 Å². The minimum absolute atomic E-state index is 0.136. The van der Waals surface area contributed by atoms with Gasteiger partial charge in [-0.1, -0.05) is 40.5 Å². The van der Waals surface area contributed by atoms with Crippen molar-refractivity contribution in [3.63, 3.8) is 0 Å². The molecular weight excluding hydrogens is 202 g/mol. The van der Waals surface area contributed by atoms with E-state index in [4.69, 9.17) is 0 Å². The Labute approximate surface area is 98.8 Å². The quantitative estimate of drug-likeness (QED) is 0.803. The monoisotopic (exact) mass is 227 g/mol. The van der Waals surface area contributed by atoms with Gasteiger partial charge in [-0.3, -0.25) is 9.69 Å². The summed E-state index contributed by atoms with van der Waals surface area (Å²) >= 11 is 0. The van der Waals surface area contributed by atoms with Gasteiger partial charge in [0.25, 0.3) is 0 Å². The zero-order valence-corrected chi connectivity index (χ0v) is 11.0. The highest BCUT2D eigenvalue weighted by Crippen LogP contribution is 2.47. The number of hydrogen-bond acceptors (Lipinski definition) is 2. The number of rotatable bonds is 4. The summed E-state index contributed by atoms with van der Waals surface area (Å²) < 4.78 is 0. The van der Waals surface area contributed by atoms with E-state index in [1.807, 2.05) is 0 Å². The van der Waals surface area contributed by atoms with E-state index in [0.717, 1.165) is 38.8 Å². The SMILES string of the molecule is CCN(CC)C1(C(=O)O)CCCCC1(C)C. The van der Waals surface area contributed by atoms with Crippen molar-refractivity contribution in [3.8, 4) is 0 Å². The fourth-order valence-electron chi connectivity index (χ4n) is 3.37. The molecule has 3 nitrogen and oxygen atoms in total. The predicted octanol–water partition coefficient (Wildman–Crippen LogP) is 2.75. The van der Waals surface area contributed by atoms with E-state index >= 15 is 0 Å². The van der Waals surface area contributed by atoms with Gasteiger partial charge >= 0.3 is 5.97 Å². The zero-order chi connectivity index (χ0) is 12.4. The lowest BCUT2D eigenvalue weighted by molar-refractivity contribution is -0.165. The van der Waals surface area contributed by atoms with Crippen LogP contribution in [0.15, 0.2) is 0 Å². The normalized spacial score (nSPS) is 29.3. The van der Waals surface area contributed by atoms with Crippen LogP contribution in [-0.2, 0) is 4.79 Å². The fraction of sp³-hybridized carbons (Fsp3) is 0.923. The van der Waals surface area contributed by atoms with Gasteiger partial charge in [0.05, 0.1) is 0 Å². The molecule has 0 saturated heterocycles. The van der Waals surface area contributed by atoms with E-state index in [1.54, 1.807) is 0 Å².